The molecule has 0 aromatic heterocycles. The maximum atomic E-state index is 13.1. The lowest BCUT2D eigenvalue weighted by atomic mass is 10.1. The second-order valence-corrected chi connectivity index (χ2v) is 8.86. The van der Waals surface area contributed by atoms with Gasteiger partial charge in [-0.2, -0.15) is 4.31 Å². The van der Waals surface area contributed by atoms with E-state index in [9.17, 15) is 13.2 Å². The van der Waals surface area contributed by atoms with Gasteiger partial charge in [0.25, 0.3) is 0 Å². The van der Waals surface area contributed by atoms with E-state index in [1.54, 1.807) is 36.1 Å². The van der Waals surface area contributed by atoms with Crippen molar-refractivity contribution in [3.63, 3.8) is 0 Å². The lowest BCUT2D eigenvalue weighted by molar-refractivity contribution is 0.121. The summed E-state index contributed by atoms with van der Waals surface area (Å²) in [6.45, 7) is 5.49. The van der Waals surface area contributed by atoms with E-state index in [1.807, 2.05) is 11.8 Å². The van der Waals surface area contributed by atoms with Crippen LogP contribution in [0.25, 0.3) is 0 Å². The Morgan fingerprint density at radius 1 is 1.08 bits per heavy atom. The highest BCUT2D eigenvalue weighted by Gasteiger charge is 2.45. The van der Waals surface area contributed by atoms with Crippen molar-refractivity contribution in [3.05, 3.63) is 24.3 Å². The zero-order valence-corrected chi connectivity index (χ0v) is 16.4. The molecule has 2 aliphatic rings. The third-order valence-electron chi connectivity index (χ3n) is 5.25. The van der Waals surface area contributed by atoms with Crippen LogP contribution in [-0.4, -0.2) is 67.5 Å². The quantitative estimate of drug-likeness (QED) is 0.806. The third kappa shape index (κ3) is 3.40. The lowest BCUT2D eigenvalue weighted by Crippen LogP contribution is -2.51. The van der Waals surface area contributed by atoms with Crippen LogP contribution in [0.5, 0.6) is 5.75 Å². The molecule has 0 radical (unpaired) electrons. The van der Waals surface area contributed by atoms with Gasteiger partial charge in [0.15, 0.2) is 0 Å². The molecule has 2 aliphatic heterocycles. The fraction of sp³-hybridized carbons (Fsp3) is 0.611. The maximum Gasteiger partial charge on any atom is 0.321 e. The number of rotatable bonds is 3. The van der Waals surface area contributed by atoms with Crippen LogP contribution in [0.2, 0.25) is 0 Å². The highest BCUT2D eigenvalue weighted by atomic mass is 32.2. The number of benzene rings is 1. The van der Waals surface area contributed by atoms with E-state index in [0.717, 1.165) is 32.4 Å². The van der Waals surface area contributed by atoms with Gasteiger partial charge in [0.2, 0.25) is 10.0 Å². The number of hydrogen-bond donors (Lipinski definition) is 0. The highest BCUT2D eigenvalue weighted by molar-refractivity contribution is 7.89. The monoisotopic (exact) mass is 381 g/mol. The van der Waals surface area contributed by atoms with E-state index in [2.05, 4.69) is 0 Å². The second-order valence-electron chi connectivity index (χ2n) is 6.97. The summed E-state index contributed by atoms with van der Waals surface area (Å²) >= 11 is 0. The smallest absolute Gasteiger partial charge is 0.321 e. The standard InChI is InChI=1S/C18H27N3O4S/c1-14-13-20(26(23,24)17-9-7-16(25-3)8-10-17)15(2)21(14)18(22)19-11-5-4-6-12-19/h7-10,14-15H,4-6,11-13H2,1-3H3. The Labute approximate surface area is 155 Å². The molecule has 7 nitrogen and oxygen atoms in total. The Bertz CT molecular complexity index is 744. The SMILES string of the molecule is COc1ccc(S(=O)(=O)N2CC(C)N(C(=O)N3CCCCC3)C2C)cc1. The van der Waals surface area contributed by atoms with E-state index >= 15 is 0 Å². The van der Waals surface area contributed by atoms with Gasteiger partial charge < -0.3 is 14.5 Å². The zero-order valence-electron chi connectivity index (χ0n) is 15.6. The van der Waals surface area contributed by atoms with Gasteiger partial charge in [-0.25, -0.2) is 13.2 Å². The minimum absolute atomic E-state index is 0.0582. The molecule has 2 saturated heterocycles. The molecular weight excluding hydrogens is 354 g/mol. The number of urea groups is 1. The molecule has 8 heteroatoms. The second kappa shape index (κ2) is 7.44. The van der Waals surface area contributed by atoms with Crippen LogP contribution in [-0.2, 0) is 10.0 Å². The molecule has 2 heterocycles. The number of likely N-dealkylation sites (tertiary alicyclic amines) is 1. The van der Waals surface area contributed by atoms with Crippen LogP contribution < -0.4 is 4.74 Å². The number of carbonyl (C=O) groups excluding carboxylic acids is 1. The topological polar surface area (TPSA) is 70.2 Å². The average Bonchev–Trinajstić information content (AvgIpc) is 2.97. The van der Waals surface area contributed by atoms with Gasteiger partial charge in [-0.15, -0.1) is 0 Å². The molecule has 2 fully saturated rings. The zero-order chi connectivity index (χ0) is 18.9. The minimum Gasteiger partial charge on any atom is -0.497 e. The van der Waals surface area contributed by atoms with Crippen molar-refractivity contribution in [1.29, 1.82) is 0 Å². The number of carbonyl (C=O) groups is 1. The van der Waals surface area contributed by atoms with Gasteiger partial charge in [0, 0.05) is 25.7 Å². The Kier molecular flexibility index (Phi) is 5.43. The van der Waals surface area contributed by atoms with Crippen LogP contribution in [0.3, 0.4) is 0 Å². The number of piperidine rings is 1. The molecule has 0 bridgehead atoms. The van der Waals surface area contributed by atoms with Crippen LogP contribution in [0.4, 0.5) is 4.79 Å². The summed E-state index contributed by atoms with van der Waals surface area (Å²) in [5.41, 5.74) is 0. The van der Waals surface area contributed by atoms with E-state index < -0.39 is 16.2 Å². The molecule has 1 aromatic carbocycles. The van der Waals surface area contributed by atoms with Crippen molar-refractivity contribution in [2.24, 2.45) is 0 Å². The van der Waals surface area contributed by atoms with Gasteiger partial charge in [-0.3, -0.25) is 0 Å². The molecule has 26 heavy (non-hydrogen) atoms. The average molecular weight is 381 g/mol. The molecule has 1 aromatic rings. The maximum absolute atomic E-state index is 13.1. The van der Waals surface area contributed by atoms with E-state index in [4.69, 9.17) is 4.74 Å². The first-order valence-corrected chi connectivity index (χ1v) is 10.5. The molecule has 0 saturated carbocycles. The van der Waals surface area contributed by atoms with Crippen molar-refractivity contribution in [3.8, 4) is 5.75 Å². The van der Waals surface area contributed by atoms with Crippen LogP contribution in [0.15, 0.2) is 29.2 Å². The molecule has 0 spiro atoms. The van der Waals surface area contributed by atoms with E-state index in [-0.39, 0.29) is 17.0 Å². The van der Waals surface area contributed by atoms with Crippen molar-refractivity contribution >= 4 is 16.1 Å². The molecular formula is C18H27N3O4S. The molecule has 0 N–H and O–H groups in total. The van der Waals surface area contributed by atoms with Crippen molar-refractivity contribution in [1.82, 2.24) is 14.1 Å². The van der Waals surface area contributed by atoms with E-state index in [1.165, 1.54) is 11.4 Å². The Morgan fingerprint density at radius 2 is 1.69 bits per heavy atom. The summed E-state index contributed by atoms with van der Waals surface area (Å²) in [7, 11) is -2.14. The van der Waals surface area contributed by atoms with Gasteiger partial charge in [-0.05, 0) is 57.4 Å². The lowest BCUT2D eigenvalue weighted by Gasteiger charge is -2.35. The van der Waals surface area contributed by atoms with Gasteiger partial charge in [0.05, 0.1) is 18.2 Å². The molecule has 2 amide bonds. The summed E-state index contributed by atoms with van der Waals surface area (Å²) in [5, 5.41) is 0. The summed E-state index contributed by atoms with van der Waals surface area (Å²) < 4.78 is 32.6. The predicted octanol–water partition coefficient (Wildman–Crippen LogP) is 2.34. The van der Waals surface area contributed by atoms with Crippen molar-refractivity contribution in [2.75, 3.05) is 26.7 Å². The summed E-state index contributed by atoms with van der Waals surface area (Å²) in [6, 6.07) is 6.13. The van der Waals surface area contributed by atoms with Gasteiger partial charge in [-0.1, -0.05) is 0 Å². The number of amides is 2. The van der Waals surface area contributed by atoms with Crippen LogP contribution in [0.1, 0.15) is 33.1 Å². The minimum atomic E-state index is -3.68. The molecule has 144 valence electrons. The molecule has 2 atom stereocenters. The first-order chi connectivity index (χ1) is 12.4. The largest absolute Gasteiger partial charge is 0.497 e. The van der Waals surface area contributed by atoms with Gasteiger partial charge in [0.1, 0.15) is 5.75 Å². The Balaban J connectivity index is 1.81. The number of methoxy groups -OCH3 is 1. The third-order valence-corrected chi connectivity index (χ3v) is 7.19. The fourth-order valence-electron chi connectivity index (χ4n) is 3.79. The van der Waals surface area contributed by atoms with Crippen molar-refractivity contribution < 1.29 is 17.9 Å². The normalized spacial score (nSPS) is 24.7. The summed E-state index contributed by atoms with van der Waals surface area (Å²) in [5.74, 6) is 0.605. The van der Waals surface area contributed by atoms with E-state index in [0.29, 0.717) is 12.3 Å². The van der Waals surface area contributed by atoms with Gasteiger partial charge >= 0.3 is 6.03 Å². The number of sulfonamides is 1. The molecule has 3 rings (SSSR count). The first-order valence-electron chi connectivity index (χ1n) is 9.09. The summed E-state index contributed by atoms with van der Waals surface area (Å²) in [4.78, 5) is 16.7. The van der Waals surface area contributed by atoms with Crippen LogP contribution in [0, 0.1) is 0 Å². The Morgan fingerprint density at radius 3 is 2.27 bits per heavy atom. The fourth-order valence-corrected chi connectivity index (χ4v) is 5.45. The molecule has 2 unspecified atom stereocenters. The molecule has 0 aliphatic carbocycles. The number of hydrogen-bond acceptors (Lipinski definition) is 4. The van der Waals surface area contributed by atoms with Crippen molar-refractivity contribution in [2.45, 2.75) is 50.2 Å². The highest BCUT2D eigenvalue weighted by Crippen LogP contribution is 2.29. The van der Waals surface area contributed by atoms with Crippen LogP contribution >= 0.6 is 0 Å². The predicted molar refractivity (Wildman–Crippen MR) is 98.5 cm³/mol. The summed E-state index contributed by atoms with van der Waals surface area (Å²) in [6.07, 6.45) is 2.66. The Hall–Kier alpha value is -1.80. The first kappa shape index (κ1) is 19.0. The number of ether oxygens (including phenoxy) is 1. The number of nitrogens with zero attached hydrogens (tertiary/aromatic N) is 3.